The summed E-state index contributed by atoms with van der Waals surface area (Å²) in [5.41, 5.74) is 7.43. The van der Waals surface area contributed by atoms with Crippen LogP contribution in [0.1, 0.15) is 11.1 Å². The lowest BCUT2D eigenvalue weighted by Crippen LogP contribution is -2.25. The van der Waals surface area contributed by atoms with Gasteiger partial charge in [-0.3, -0.25) is 14.9 Å². The van der Waals surface area contributed by atoms with Crippen molar-refractivity contribution < 1.29 is 24.2 Å². The molecule has 0 aromatic heterocycles. The molecule has 1 aliphatic rings. The fourth-order valence-electron chi connectivity index (χ4n) is 2.58. The second kappa shape index (κ2) is 10.1. The number of hydrogen-bond acceptors (Lipinski definition) is 7. The van der Waals surface area contributed by atoms with Crippen LogP contribution in [0.25, 0.3) is 6.08 Å². The van der Waals surface area contributed by atoms with Crippen molar-refractivity contribution in [3.8, 4) is 11.5 Å². The number of hydrogen-bond donors (Lipinski definition) is 3. The monoisotopic (exact) mass is 414 g/mol. The summed E-state index contributed by atoms with van der Waals surface area (Å²) in [4.78, 5) is 23.1. The first-order chi connectivity index (χ1) is 14.0. The van der Waals surface area contributed by atoms with E-state index < -0.39 is 12.0 Å². The van der Waals surface area contributed by atoms with Gasteiger partial charge in [0.2, 0.25) is 0 Å². The van der Waals surface area contributed by atoms with Crippen LogP contribution in [0.5, 0.6) is 11.5 Å². The van der Waals surface area contributed by atoms with Crippen LogP contribution in [-0.4, -0.2) is 42.1 Å². The van der Waals surface area contributed by atoms with Crippen molar-refractivity contribution in [2.45, 2.75) is 12.5 Å². The minimum absolute atomic E-state index is 0.0818. The Labute approximate surface area is 172 Å². The topological polar surface area (TPSA) is 111 Å². The van der Waals surface area contributed by atoms with E-state index in [2.05, 4.69) is 5.32 Å². The molecule has 29 heavy (non-hydrogen) atoms. The third-order valence-corrected chi connectivity index (χ3v) is 4.87. The smallest absolute Gasteiger partial charge is 0.290 e. The van der Waals surface area contributed by atoms with E-state index in [-0.39, 0.29) is 18.5 Å². The van der Waals surface area contributed by atoms with Crippen LogP contribution in [-0.2, 0) is 11.2 Å². The number of carbonyl (C=O) groups is 2. The Morgan fingerprint density at radius 3 is 2.10 bits per heavy atom. The maximum absolute atomic E-state index is 11.6. The summed E-state index contributed by atoms with van der Waals surface area (Å²) in [6.45, 7) is 0.794. The zero-order chi connectivity index (χ0) is 20.6. The van der Waals surface area contributed by atoms with Crippen LogP contribution >= 0.6 is 11.8 Å². The van der Waals surface area contributed by atoms with Gasteiger partial charge in [-0.25, -0.2) is 0 Å². The molecule has 1 saturated heterocycles. The number of carbonyl (C=O) groups excluding carboxylic acids is 2. The van der Waals surface area contributed by atoms with E-state index in [0.717, 1.165) is 29.3 Å². The SMILES string of the molecule is NCCc1ccc(OC[C@H](O)COc2ccc(C=C3SC(=O)NC3=O)cc2)cc1. The largest absolute Gasteiger partial charge is 0.491 e. The minimum atomic E-state index is -0.787. The normalized spacial score (nSPS) is 16.0. The van der Waals surface area contributed by atoms with E-state index in [4.69, 9.17) is 15.2 Å². The molecule has 0 aliphatic carbocycles. The maximum Gasteiger partial charge on any atom is 0.290 e. The van der Waals surface area contributed by atoms with Crippen LogP contribution in [0.4, 0.5) is 4.79 Å². The number of aliphatic hydroxyl groups excluding tert-OH is 1. The first-order valence-corrected chi connectivity index (χ1v) is 9.93. The van der Waals surface area contributed by atoms with Crippen LogP contribution in [0, 0.1) is 0 Å². The Morgan fingerprint density at radius 1 is 1.00 bits per heavy atom. The van der Waals surface area contributed by atoms with E-state index in [0.29, 0.717) is 22.9 Å². The van der Waals surface area contributed by atoms with Crippen LogP contribution < -0.4 is 20.5 Å². The Bertz CT molecular complexity index is 881. The highest BCUT2D eigenvalue weighted by Crippen LogP contribution is 2.26. The van der Waals surface area contributed by atoms with Gasteiger partial charge < -0.3 is 20.3 Å². The summed E-state index contributed by atoms with van der Waals surface area (Å²) >= 11 is 0.871. The second-order valence-corrected chi connectivity index (χ2v) is 7.39. The molecule has 4 N–H and O–H groups in total. The summed E-state index contributed by atoms with van der Waals surface area (Å²) in [6.07, 6.45) is 1.66. The molecule has 7 nitrogen and oxygen atoms in total. The average molecular weight is 414 g/mol. The van der Waals surface area contributed by atoms with Crippen molar-refractivity contribution in [2.24, 2.45) is 5.73 Å². The van der Waals surface area contributed by atoms with Gasteiger partial charge in [-0.05, 0) is 66.2 Å². The third kappa shape index (κ3) is 6.35. The summed E-state index contributed by atoms with van der Waals surface area (Å²) in [6, 6.07) is 14.6. The van der Waals surface area contributed by atoms with Crippen molar-refractivity contribution in [3.63, 3.8) is 0 Å². The van der Waals surface area contributed by atoms with Gasteiger partial charge in [0, 0.05) is 0 Å². The highest BCUT2D eigenvalue weighted by molar-refractivity contribution is 8.18. The summed E-state index contributed by atoms with van der Waals surface area (Å²) in [5, 5.41) is 11.9. The van der Waals surface area contributed by atoms with Gasteiger partial charge in [-0.15, -0.1) is 0 Å². The van der Waals surface area contributed by atoms with E-state index >= 15 is 0 Å². The quantitative estimate of drug-likeness (QED) is 0.540. The molecular formula is C21H22N2O5S. The molecule has 2 aromatic rings. The molecular weight excluding hydrogens is 392 g/mol. The molecule has 2 amide bonds. The molecule has 0 unspecified atom stereocenters. The number of amides is 2. The second-order valence-electron chi connectivity index (χ2n) is 6.38. The molecule has 152 valence electrons. The van der Waals surface area contributed by atoms with E-state index in [1.165, 1.54) is 0 Å². The lowest BCUT2D eigenvalue weighted by Gasteiger charge is -2.14. The van der Waals surface area contributed by atoms with E-state index in [1.54, 1.807) is 30.3 Å². The van der Waals surface area contributed by atoms with Gasteiger partial charge >= 0.3 is 0 Å². The predicted octanol–water partition coefficient (Wildman–Crippen LogP) is 2.33. The molecule has 1 aliphatic heterocycles. The summed E-state index contributed by atoms with van der Waals surface area (Å²) in [5.74, 6) is 0.865. The van der Waals surface area contributed by atoms with Crippen molar-refractivity contribution in [2.75, 3.05) is 19.8 Å². The van der Waals surface area contributed by atoms with Gasteiger partial charge in [-0.1, -0.05) is 24.3 Å². The van der Waals surface area contributed by atoms with Gasteiger partial charge in [0.15, 0.2) is 0 Å². The van der Waals surface area contributed by atoms with Crippen LogP contribution in [0.3, 0.4) is 0 Å². The van der Waals surface area contributed by atoms with Crippen molar-refractivity contribution in [1.29, 1.82) is 0 Å². The Kier molecular flexibility index (Phi) is 7.29. The highest BCUT2D eigenvalue weighted by Gasteiger charge is 2.24. The average Bonchev–Trinajstić information content (AvgIpc) is 3.04. The number of aliphatic hydroxyl groups is 1. The molecule has 0 radical (unpaired) electrons. The fraction of sp³-hybridized carbons (Fsp3) is 0.238. The standard InChI is InChI=1S/C21H22N2O5S/c22-10-9-14-1-5-17(6-2-14)27-12-16(24)13-28-18-7-3-15(4-8-18)11-19-20(25)23-21(26)29-19/h1-8,11,16,24H,9-10,12-13,22H2,(H,23,25,26)/t16-/m0/s1. The molecule has 1 atom stereocenters. The predicted molar refractivity (Wildman–Crippen MR) is 112 cm³/mol. The molecule has 3 rings (SSSR count). The lowest BCUT2D eigenvalue weighted by molar-refractivity contribution is -0.115. The van der Waals surface area contributed by atoms with Crippen molar-refractivity contribution in [1.82, 2.24) is 5.32 Å². The van der Waals surface area contributed by atoms with Crippen LogP contribution in [0.15, 0.2) is 53.4 Å². The first-order valence-electron chi connectivity index (χ1n) is 9.11. The van der Waals surface area contributed by atoms with Crippen LogP contribution in [0.2, 0.25) is 0 Å². The molecule has 1 fully saturated rings. The number of rotatable bonds is 9. The number of nitrogens with one attached hydrogen (secondary N) is 1. The molecule has 0 spiro atoms. The van der Waals surface area contributed by atoms with Gasteiger partial charge in [0.25, 0.3) is 11.1 Å². The number of ether oxygens (including phenoxy) is 2. The Balaban J connectivity index is 1.44. The first kappa shape index (κ1) is 20.9. The number of thioether (sulfide) groups is 1. The number of benzene rings is 2. The molecule has 0 bridgehead atoms. The number of imide groups is 1. The van der Waals surface area contributed by atoms with Gasteiger partial charge in [0.1, 0.15) is 30.8 Å². The minimum Gasteiger partial charge on any atom is -0.491 e. The summed E-state index contributed by atoms with van der Waals surface area (Å²) in [7, 11) is 0. The van der Waals surface area contributed by atoms with E-state index in [1.807, 2.05) is 24.3 Å². The van der Waals surface area contributed by atoms with E-state index in [9.17, 15) is 14.7 Å². The molecule has 2 aromatic carbocycles. The maximum atomic E-state index is 11.6. The zero-order valence-electron chi connectivity index (χ0n) is 15.7. The van der Waals surface area contributed by atoms with Crippen molar-refractivity contribution in [3.05, 3.63) is 64.6 Å². The zero-order valence-corrected chi connectivity index (χ0v) is 16.5. The Hall–Kier alpha value is -2.81. The summed E-state index contributed by atoms with van der Waals surface area (Å²) < 4.78 is 11.1. The Morgan fingerprint density at radius 2 is 1.59 bits per heavy atom. The molecule has 1 heterocycles. The van der Waals surface area contributed by atoms with Gasteiger partial charge in [-0.2, -0.15) is 0 Å². The molecule has 8 heteroatoms. The third-order valence-electron chi connectivity index (χ3n) is 4.06. The fourth-order valence-corrected chi connectivity index (χ4v) is 3.27. The van der Waals surface area contributed by atoms with Gasteiger partial charge in [0.05, 0.1) is 4.91 Å². The molecule has 0 saturated carbocycles. The van der Waals surface area contributed by atoms with Crippen molar-refractivity contribution >= 4 is 29.0 Å². The highest BCUT2D eigenvalue weighted by atomic mass is 32.2. The lowest BCUT2D eigenvalue weighted by atomic mass is 10.1. The number of nitrogens with two attached hydrogens (primary N) is 1.